The van der Waals surface area contributed by atoms with Crippen molar-refractivity contribution < 1.29 is 32.0 Å². The molecule has 1 atom stereocenters. The summed E-state index contributed by atoms with van der Waals surface area (Å²) in [6, 6.07) is 4.41. The Morgan fingerprint density at radius 2 is 1.96 bits per heavy atom. The van der Waals surface area contributed by atoms with Gasteiger partial charge in [-0.25, -0.2) is 4.31 Å². The zero-order chi connectivity index (χ0) is 18.3. The summed E-state index contributed by atoms with van der Waals surface area (Å²) in [5, 5.41) is 0. The molecule has 9 heteroatoms. The normalized spacial score (nSPS) is 18.5. The third-order valence-corrected chi connectivity index (χ3v) is 4.58. The molecule has 0 spiro atoms. The van der Waals surface area contributed by atoms with Crippen LogP contribution in [0.1, 0.15) is 33.3 Å². The number of benzene rings is 1. The molecule has 1 aromatic carbocycles. The number of nitrogens with zero attached hydrogens (tertiary/aromatic N) is 1. The molecule has 1 aromatic rings. The van der Waals surface area contributed by atoms with Crippen LogP contribution in [0.25, 0.3) is 0 Å². The van der Waals surface area contributed by atoms with Crippen LogP contribution < -0.4 is 9.04 Å². The van der Waals surface area contributed by atoms with Gasteiger partial charge in [-0.15, -0.1) is 0 Å². The average molecular weight is 357 g/mol. The number of ketones is 1. The average Bonchev–Trinajstić information content (AvgIpc) is 2.65. The lowest BCUT2D eigenvalue weighted by Crippen LogP contribution is -2.36. The fourth-order valence-corrected chi connectivity index (χ4v) is 3.22. The van der Waals surface area contributed by atoms with Crippen molar-refractivity contribution in [1.29, 1.82) is 0 Å². The third kappa shape index (κ3) is 3.51. The van der Waals surface area contributed by atoms with E-state index < -0.39 is 40.3 Å². The molecule has 1 aliphatic rings. The van der Waals surface area contributed by atoms with Gasteiger partial charge in [-0.1, -0.05) is 0 Å². The standard InChI is InChI=1S/C15H19NO7S/c1-9(17)8-16(24(19,20)21)11-5-6-13-12(7-11)15(3,4)14(23-13)22-10(2)18/h5-7,14H,8H2,1-4H3,(H,19,20,21). The molecule has 0 fully saturated rings. The summed E-state index contributed by atoms with van der Waals surface area (Å²) >= 11 is 0. The van der Waals surface area contributed by atoms with Gasteiger partial charge >= 0.3 is 16.3 Å². The Kier molecular flexibility index (Phi) is 4.60. The first kappa shape index (κ1) is 18.2. The van der Waals surface area contributed by atoms with Gasteiger partial charge in [0.05, 0.1) is 17.6 Å². The van der Waals surface area contributed by atoms with Crippen molar-refractivity contribution in [3.63, 3.8) is 0 Å². The first-order chi connectivity index (χ1) is 10.9. The molecule has 0 saturated carbocycles. The maximum absolute atomic E-state index is 11.6. The minimum Gasteiger partial charge on any atom is -0.454 e. The van der Waals surface area contributed by atoms with Crippen molar-refractivity contribution in [2.24, 2.45) is 0 Å². The van der Waals surface area contributed by atoms with Gasteiger partial charge in [-0.2, -0.15) is 8.42 Å². The Labute approximate surface area is 140 Å². The second-order valence-electron chi connectivity index (χ2n) is 6.15. The number of anilines is 1. The monoisotopic (exact) mass is 357 g/mol. The van der Waals surface area contributed by atoms with Crippen molar-refractivity contribution in [2.75, 3.05) is 10.8 Å². The van der Waals surface area contributed by atoms with E-state index in [0.717, 1.165) is 0 Å². The first-order valence-corrected chi connectivity index (χ1v) is 8.55. The molecule has 132 valence electrons. The summed E-state index contributed by atoms with van der Waals surface area (Å²) in [6.07, 6.45) is -0.854. The van der Waals surface area contributed by atoms with E-state index >= 15 is 0 Å². The highest BCUT2D eigenvalue weighted by Gasteiger charge is 2.44. The van der Waals surface area contributed by atoms with Crippen molar-refractivity contribution >= 4 is 27.7 Å². The number of Topliss-reactive ketones (excluding diaryl/α,β-unsaturated/α-hetero) is 1. The highest BCUT2D eigenvalue weighted by molar-refractivity contribution is 7.87. The maximum atomic E-state index is 11.6. The predicted octanol–water partition coefficient (Wildman–Crippen LogP) is 1.44. The molecular weight excluding hydrogens is 338 g/mol. The molecule has 2 rings (SSSR count). The summed E-state index contributed by atoms with van der Waals surface area (Å²) in [7, 11) is -4.61. The summed E-state index contributed by atoms with van der Waals surface area (Å²) < 4.78 is 43.9. The number of hydrogen-bond acceptors (Lipinski definition) is 6. The molecule has 0 radical (unpaired) electrons. The molecule has 1 aliphatic heterocycles. The Morgan fingerprint density at radius 3 is 2.46 bits per heavy atom. The second kappa shape index (κ2) is 6.06. The molecule has 1 heterocycles. The van der Waals surface area contributed by atoms with Crippen molar-refractivity contribution in [3.8, 4) is 5.75 Å². The number of carbonyl (C=O) groups excluding carboxylic acids is 2. The minimum atomic E-state index is -4.61. The van der Waals surface area contributed by atoms with Gasteiger partial charge in [-0.05, 0) is 39.0 Å². The van der Waals surface area contributed by atoms with Gasteiger partial charge in [0.15, 0.2) is 0 Å². The largest absolute Gasteiger partial charge is 0.454 e. The van der Waals surface area contributed by atoms with E-state index in [1.54, 1.807) is 13.8 Å². The lowest BCUT2D eigenvalue weighted by atomic mass is 9.85. The van der Waals surface area contributed by atoms with Crippen LogP contribution in [0.4, 0.5) is 5.69 Å². The fraction of sp³-hybridized carbons (Fsp3) is 0.467. The highest BCUT2D eigenvalue weighted by atomic mass is 32.2. The fourth-order valence-electron chi connectivity index (χ4n) is 2.50. The molecular formula is C15H19NO7S. The highest BCUT2D eigenvalue weighted by Crippen LogP contribution is 2.45. The van der Waals surface area contributed by atoms with Crippen molar-refractivity contribution in [2.45, 2.75) is 39.4 Å². The summed E-state index contributed by atoms with van der Waals surface area (Å²) in [5.74, 6) is -0.494. The maximum Gasteiger partial charge on any atom is 0.360 e. The smallest absolute Gasteiger partial charge is 0.360 e. The van der Waals surface area contributed by atoms with Crippen molar-refractivity contribution in [3.05, 3.63) is 23.8 Å². The van der Waals surface area contributed by atoms with Crippen LogP contribution in [0.3, 0.4) is 0 Å². The minimum absolute atomic E-state index is 0.117. The number of rotatable bonds is 5. The molecule has 8 nitrogen and oxygen atoms in total. The Hall–Kier alpha value is -2.13. The number of hydrogen-bond donors (Lipinski definition) is 1. The van der Waals surface area contributed by atoms with Gasteiger partial charge < -0.3 is 9.47 Å². The molecule has 0 amide bonds. The Bertz CT molecular complexity index is 785. The number of carbonyl (C=O) groups is 2. The van der Waals surface area contributed by atoms with Crippen LogP contribution in [-0.2, 0) is 30.0 Å². The molecule has 24 heavy (non-hydrogen) atoms. The van der Waals surface area contributed by atoms with Gasteiger partial charge in [0, 0.05) is 12.5 Å². The topological polar surface area (TPSA) is 110 Å². The van der Waals surface area contributed by atoms with E-state index in [1.807, 2.05) is 0 Å². The van der Waals surface area contributed by atoms with E-state index in [1.165, 1.54) is 32.0 Å². The van der Waals surface area contributed by atoms with E-state index in [9.17, 15) is 22.6 Å². The molecule has 0 saturated heterocycles. The molecule has 1 N–H and O–H groups in total. The van der Waals surface area contributed by atoms with Crippen LogP contribution in [0.5, 0.6) is 5.75 Å². The van der Waals surface area contributed by atoms with Crippen molar-refractivity contribution in [1.82, 2.24) is 0 Å². The summed E-state index contributed by atoms with van der Waals surface area (Å²) in [4.78, 5) is 22.5. The van der Waals surface area contributed by atoms with Crippen LogP contribution >= 0.6 is 0 Å². The van der Waals surface area contributed by atoms with E-state index in [2.05, 4.69) is 0 Å². The number of fused-ring (bicyclic) bond motifs is 1. The second-order valence-corrected chi connectivity index (χ2v) is 7.48. The van der Waals surface area contributed by atoms with Gasteiger partial charge in [-0.3, -0.25) is 14.1 Å². The van der Waals surface area contributed by atoms with Crippen LogP contribution in [0, 0.1) is 0 Å². The number of ether oxygens (including phenoxy) is 2. The predicted molar refractivity (Wildman–Crippen MR) is 85.2 cm³/mol. The van der Waals surface area contributed by atoms with Crippen LogP contribution in [0.2, 0.25) is 0 Å². The zero-order valence-corrected chi connectivity index (χ0v) is 14.6. The summed E-state index contributed by atoms with van der Waals surface area (Å²) in [6.45, 7) is 5.54. The molecule has 0 bridgehead atoms. The zero-order valence-electron chi connectivity index (χ0n) is 13.8. The summed E-state index contributed by atoms with van der Waals surface area (Å²) in [5.41, 5.74) is -0.0203. The molecule has 1 unspecified atom stereocenters. The van der Waals surface area contributed by atoms with Gasteiger partial charge in [0.25, 0.3) is 6.29 Å². The Morgan fingerprint density at radius 1 is 1.33 bits per heavy atom. The lowest BCUT2D eigenvalue weighted by Gasteiger charge is -2.25. The SMILES string of the molecule is CC(=O)CN(c1ccc2c(c1)C(C)(C)C(OC(C)=O)O2)S(=O)(=O)O. The third-order valence-electron chi connectivity index (χ3n) is 3.69. The molecule has 0 aliphatic carbocycles. The van der Waals surface area contributed by atoms with Crippen LogP contribution in [0.15, 0.2) is 18.2 Å². The lowest BCUT2D eigenvalue weighted by molar-refractivity contribution is -0.165. The van der Waals surface area contributed by atoms with E-state index in [4.69, 9.17) is 9.47 Å². The first-order valence-electron chi connectivity index (χ1n) is 7.16. The molecule has 0 aromatic heterocycles. The van der Waals surface area contributed by atoms with Gasteiger partial charge in [0.2, 0.25) is 0 Å². The number of esters is 1. The van der Waals surface area contributed by atoms with Gasteiger partial charge in [0.1, 0.15) is 11.5 Å². The Balaban J connectivity index is 2.46. The quantitative estimate of drug-likeness (QED) is 0.627. The van der Waals surface area contributed by atoms with E-state index in [-0.39, 0.29) is 5.69 Å². The van der Waals surface area contributed by atoms with E-state index in [0.29, 0.717) is 15.6 Å². The van der Waals surface area contributed by atoms with Crippen LogP contribution in [-0.4, -0.2) is 37.6 Å².